The Morgan fingerprint density at radius 2 is 2.05 bits per heavy atom. The fraction of sp³-hybridized carbons (Fsp3) is 0.333. The summed E-state index contributed by atoms with van der Waals surface area (Å²) in [5, 5.41) is 6.56. The van der Waals surface area contributed by atoms with Crippen LogP contribution < -0.4 is 5.32 Å². The van der Waals surface area contributed by atoms with E-state index in [9.17, 15) is 13.2 Å². The third-order valence-electron chi connectivity index (χ3n) is 2.81. The van der Waals surface area contributed by atoms with Crippen molar-refractivity contribution in [3.05, 3.63) is 41.9 Å². The Balaban J connectivity index is 2.45. The van der Waals surface area contributed by atoms with Crippen molar-refractivity contribution in [2.75, 3.05) is 7.05 Å². The molecule has 102 valence electrons. The number of pyridine rings is 1. The van der Waals surface area contributed by atoms with Crippen LogP contribution in [0.15, 0.2) is 30.6 Å². The standard InChI is InChI=1S/C12H13F3N4/c1-8(16-2)9-4-3-6-17-11(9)19-7-5-10(18-19)12(13,14)15/h3-8,16H,1-2H3. The van der Waals surface area contributed by atoms with Crippen LogP contribution in [0.25, 0.3) is 5.82 Å². The molecule has 2 aromatic rings. The number of hydrogen-bond acceptors (Lipinski definition) is 3. The molecule has 0 aliphatic heterocycles. The summed E-state index contributed by atoms with van der Waals surface area (Å²) < 4.78 is 38.7. The SMILES string of the molecule is CNC(C)c1cccnc1-n1ccc(C(F)(F)F)n1. The lowest BCUT2D eigenvalue weighted by Gasteiger charge is -2.14. The predicted molar refractivity (Wildman–Crippen MR) is 63.8 cm³/mol. The zero-order chi connectivity index (χ0) is 14.0. The summed E-state index contributed by atoms with van der Waals surface area (Å²) in [7, 11) is 1.77. The summed E-state index contributed by atoms with van der Waals surface area (Å²) in [6, 6.07) is 4.43. The summed E-state index contributed by atoms with van der Waals surface area (Å²) in [6.07, 6.45) is -1.66. The first-order chi connectivity index (χ1) is 8.93. The molecule has 0 bridgehead atoms. The minimum Gasteiger partial charge on any atom is -0.313 e. The van der Waals surface area contributed by atoms with Crippen molar-refractivity contribution >= 4 is 0 Å². The molecule has 1 atom stereocenters. The van der Waals surface area contributed by atoms with E-state index in [1.165, 1.54) is 12.4 Å². The molecular weight excluding hydrogens is 257 g/mol. The molecule has 1 unspecified atom stereocenters. The van der Waals surface area contributed by atoms with E-state index >= 15 is 0 Å². The van der Waals surface area contributed by atoms with Gasteiger partial charge in [0, 0.05) is 24.0 Å². The van der Waals surface area contributed by atoms with Gasteiger partial charge in [0.15, 0.2) is 11.5 Å². The first kappa shape index (κ1) is 13.5. The van der Waals surface area contributed by atoms with Gasteiger partial charge < -0.3 is 5.32 Å². The van der Waals surface area contributed by atoms with Crippen LogP contribution in [0.4, 0.5) is 13.2 Å². The molecule has 2 aromatic heterocycles. The van der Waals surface area contributed by atoms with Crippen LogP contribution in [0.2, 0.25) is 0 Å². The van der Waals surface area contributed by atoms with Crippen molar-refractivity contribution in [1.82, 2.24) is 20.1 Å². The van der Waals surface area contributed by atoms with E-state index in [1.807, 2.05) is 6.92 Å². The Hall–Kier alpha value is -1.89. The van der Waals surface area contributed by atoms with Gasteiger partial charge in [-0.25, -0.2) is 9.67 Å². The predicted octanol–water partition coefficient (Wildman–Crippen LogP) is 2.57. The molecule has 0 aliphatic rings. The van der Waals surface area contributed by atoms with Crippen LogP contribution in [-0.2, 0) is 6.18 Å². The summed E-state index contributed by atoms with van der Waals surface area (Å²) in [5.41, 5.74) is -0.150. The molecule has 0 amide bonds. The molecule has 19 heavy (non-hydrogen) atoms. The fourth-order valence-corrected chi connectivity index (χ4v) is 1.69. The number of rotatable bonds is 3. The van der Waals surface area contributed by atoms with Crippen LogP contribution in [0.5, 0.6) is 0 Å². The van der Waals surface area contributed by atoms with Gasteiger partial charge in [0.1, 0.15) is 0 Å². The average Bonchev–Trinajstić information content (AvgIpc) is 2.87. The zero-order valence-corrected chi connectivity index (χ0v) is 10.4. The van der Waals surface area contributed by atoms with Gasteiger partial charge in [0.05, 0.1) is 0 Å². The first-order valence-corrected chi connectivity index (χ1v) is 5.69. The van der Waals surface area contributed by atoms with E-state index in [2.05, 4.69) is 15.4 Å². The minimum atomic E-state index is -4.45. The van der Waals surface area contributed by atoms with Crippen molar-refractivity contribution in [3.8, 4) is 5.82 Å². The molecule has 0 radical (unpaired) electrons. The number of nitrogens with zero attached hydrogens (tertiary/aromatic N) is 3. The van der Waals surface area contributed by atoms with Gasteiger partial charge in [0.25, 0.3) is 0 Å². The zero-order valence-electron chi connectivity index (χ0n) is 10.4. The van der Waals surface area contributed by atoms with Gasteiger partial charge >= 0.3 is 6.18 Å². The van der Waals surface area contributed by atoms with E-state index < -0.39 is 11.9 Å². The average molecular weight is 270 g/mol. The Morgan fingerprint density at radius 1 is 1.32 bits per heavy atom. The van der Waals surface area contributed by atoms with Crippen LogP contribution in [0.1, 0.15) is 24.2 Å². The molecule has 0 fully saturated rings. The molecule has 0 aliphatic carbocycles. The van der Waals surface area contributed by atoms with E-state index in [0.717, 1.165) is 16.3 Å². The van der Waals surface area contributed by atoms with Crippen molar-refractivity contribution in [2.24, 2.45) is 0 Å². The highest BCUT2D eigenvalue weighted by molar-refractivity contribution is 5.35. The monoisotopic (exact) mass is 270 g/mol. The molecule has 7 heteroatoms. The lowest BCUT2D eigenvalue weighted by Crippen LogP contribution is -2.16. The lowest BCUT2D eigenvalue weighted by molar-refractivity contribution is -0.141. The van der Waals surface area contributed by atoms with Crippen molar-refractivity contribution in [1.29, 1.82) is 0 Å². The van der Waals surface area contributed by atoms with E-state index in [1.54, 1.807) is 19.2 Å². The number of hydrogen-bond donors (Lipinski definition) is 1. The highest BCUT2D eigenvalue weighted by atomic mass is 19.4. The minimum absolute atomic E-state index is 0.0396. The number of nitrogens with one attached hydrogen (secondary N) is 1. The summed E-state index contributed by atoms with van der Waals surface area (Å²) in [5.74, 6) is 0.389. The molecule has 0 spiro atoms. The largest absolute Gasteiger partial charge is 0.435 e. The molecule has 1 N–H and O–H groups in total. The second-order valence-electron chi connectivity index (χ2n) is 4.07. The smallest absolute Gasteiger partial charge is 0.313 e. The van der Waals surface area contributed by atoms with Crippen LogP contribution in [0, 0.1) is 0 Å². The van der Waals surface area contributed by atoms with E-state index in [-0.39, 0.29) is 6.04 Å². The van der Waals surface area contributed by atoms with Crippen molar-refractivity contribution in [3.63, 3.8) is 0 Å². The maximum Gasteiger partial charge on any atom is 0.435 e. The number of alkyl halides is 3. The van der Waals surface area contributed by atoms with E-state index in [0.29, 0.717) is 5.82 Å². The van der Waals surface area contributed by atoms with Crippen molar-refractivity contribution in [2.45, 2.75) is 19.1 Å². The Bertz CT molecular complexity index is 562. The third-order valence-corrected chi connectivity index (χ3v) is 2.81. The molecular formula is C12H13F3N4. The Labute approximate surface area is 108 Å². The van der Waals surface area contributed by atoms with E-state index in [4.69, 9.17) is 0 Å². The summed E-state index contributed by atoms with van der Waals surface area (Å²) in [6.45, 7) is 1.90. The third kappa shape index (κ3) is 2.76. The normalized spacial score (nSPS) is 13.5. The molecule has 4 nitrogen and oxygen atoms in total. The maximum absolute atomic E-state index is 12.5. The Morgan fingerprint density at radius 3 is 2.63 bits per heavy atom. The maximum atomic E-state index is 12.5. The van der Waals surface area contributed by atoms with Gasteiger partial charge in [-0.1, -0.05) is 6.07 Å². The van der Waals surface area contributed by atoms with Gasteiger partial charge in [-0.05, 0) is 26.1 Å². The quantitative estimate of drug-likeness (QED) is 0.932. The summed E-state index contributed by atoms with van der Waals surface area (Å²) in [4.78, 5) is 4.11. The van der Waals surface area contributed by atoms with Gasteiger partial charge in [-0.15, -0.1) is 0 Å². The lowest BCUT2D eigenvalue weighted by atomic mass is 10.1. The molecule has 0 saturated heterocycles. The number of halogens is 3. The van der Waals surface area contributed by atoms with Crippen LogP contribution in [-0.4, -0.2) is 21.8 Å². The molecule has 2 rings (SSSR count). The van der Waals surface area contributed by atoms with Crippen LogP contribution >= 0.6 is 0 Å². The molecule has 2 heterocycles. The highest BCUT2D eigenvalue weighted by Gasteiger charge is 2.33. The first-order valence-electron chi connectivity index (χ1n) is 5.69. The van der Waals surface area contributed by atoms with Gasteiger partial charge in [0.2, 0.25) is 0 Å². The molecule has 0 saturated carbocycles. The number of aromatic nitrogens is 3. The van der Waals surface area contributed by atoms with Gasteiger partial charge in [-0.2, -0.15) is 18.3 Å². The second-order valence-corrected chi connectivity index (χ2v) is 4.07. The highest BCUT2D eigenvalue weighted by Crippen LogP contribution is 2.28. The fourth-order valence-electron chi connectivity index (χ4n) is 1.69. The second kappa shape index (κ2) is 5.00. The van der Waals surface area contributed by atoms with Crippen molar-refractivity contribution < 1.29 is 13.2 Å². The van der Waals surface area contributed by atoms with Gasteiger partial charge in [-0.3, -0.25) is 0 Å². The molecule has 0 aromatic carbocycles. The summed E-state index contributed by atoms with van der Waals surface area (Å²) >= 11 is 0. The topological polar surface area (TPSA) is 42.7 Å². The van der Waals surface area contributed by atoms with Crippen LogP contribution in [0.3, 0.4) is 0 Å². The Kier molecular flexibility index (Phi) is 3.57.